The molecule has 1 aromatic heterocycles. The molecule has 3 unspecified atom stereocenters. The highest BCUT2D eigenvalue weighted by Crippen LogP contribution is 2.38. The molecule has 0 fully saturated rings. The van der Waals surface area contributed by atoms with Gasteiger partial charge in [-0.1, -0.05) is 18.2 Å². The molecule has 2 aromatic carbocycles. The minimum atomic E-state index is -3.62. The molecular formula is C29H41N7O5S. The van der Waals surface area contributed by atoms with Crippen LogP contribution in [0.25, 0.3) is 0 Å². The van der Waals surface area contributed by atoms with Crippen molar-refractivity contribution in [2.24, 2.45) is 10.2 Å². The summed E-state index contributed by atoms with van der Waals surface area (Å²) in [7, 11) is -3.62. The number of sulfone groups is 1. The van der Waals surface area contributed by atoms with Gasteiger partial charge in [-0.2, -0.15) is 5.11 Å². The Bertz CT molecular complexity index is 1420. The number of nitrogens with one attached hydrogen (secondary N) is 2. The third kappa shape index (κ3) is 9.74. The number of aliphatic hydroxyl groups is 3. The molecule has 7 N–H and O–H groups in total. The second-order valence-electron chi connectivity index (χ2n) is 10.4. The molecule has 1 heterocycles. The van der Waals surface area contributed by atoms with Gasteiger partial charge in [0, 0.05) is 37.4 Å². The van der Waals surface area contributed by atoms with Gasteiger partial charge in [-0.3, -0.25) is 4.90 Å². The zero-order chi connectivity index (χ0) is 30.9. The molecule has 0 amide bonds. The summed E-state index contributed by atoms with van der Waals surface area (Å²) in [5.41, 5.74) is 8.94. The number of nitrogens with zero attached hydrogens (tertiary/aromatic N) is 4. The first-order valence-electron chi connectivity index (χ1n) is 13.7. The Hall–Kier alpha value is -3.62. The number of nitrogens with two attached hydrogens (primary N) is 1. The van der Waals surface area contributed by atoms with Gasteiger partial charge >= 0.3 is 0 Å². The number of anilines is 4. The Labute approximate surface area is 247 Å². The lowest BCUT2D eigenvalue weighted by Crippen LogP contribution is -2.39. The zero-order valence-corrected chi connectivity index (χ0v) is 25.2. The summed E-state index contributed by atoms with van der Waals surface area (Å²) in [6.45, 7) is 7.64. The zero-order valence-electron chi connectivity index (χ0n) is 24.4. The van der Waals surface area contributed by atoms with E-state index >= 15 is 0 Å². The summed E-state index contributed by atoms with van der Waals surface area (Å²) in [6, 6.07) is 15.5. The topological polar surface area (TPSA) is 186 Å². The lowest BCUT2D eigenvalue weighted by atomic mass is 10.2. The van der Waals surface area contributed by atoms with Gasteiger partial charge < -0.3 is 31.7 Å². The maximum atomic E-state index is 13.0. The first-order valence-corrected chi connectivity index (χ1v) is 15.4. The average Bonchev–Trinajstić information content (AvgIpc) is 2.93. The van der Waals surface area contributed by atoms with Gasteiger partial charge in [-0.05, 0) is 64.1 Å². The molecule has 0 radical (unpaired) electrons. The summed E-state index contributed by atoms with van der Waals surface area (Å²) in [6.07, 6.45) is -1.90. The maximum absolute atomic E-state index is 13.0. The Kier molecular flexibility index (Phi) is 11.8. The quantitative estimate of drug-likeness (QED) is 0.141. The highest BCUT2D eigenvalue weighted by Gasteiger charge is 2.19. The van der Waals surface area contributed by atoms with Crippen molar-refractivity contribution in [3.8, 4) is 0 Å². The number of hydrogen-bond acceptors (Lipinski definition) is 12. The fourth-order valence-corrected chi connectivity index (χ4v) is 5.44. The molecule has 3 atom stereocenters. The van der Waals surface area contributed by atoms with E-state index in [0.717, 1.165) is 5.69 Å². The van der Waals surface area contributed by atoms with Crippen molar-refractivity contribution in [3.05, 3.63) is 60.2 Å². The Balaban J connectivity index is 1.83. The molecule has 0 spiro atoms. The van der Waals surface area contributed by atoms with Crippen molar-refractivity contribution in [1.82, 2.24) is 9.88 Å². The van der Waals surface area contributed by atoms with Crippen molar-refractivity contribution >= 4 is 44.2 Å². The largest absolute Gasteiger partial charge is 0.395 e. The van der Waals surface area contributed by atoms with Gasteiger partial charge in [-0.25, -0.2) is 13.4 Å². The molecule has 3 aromatic rings. The number of nitrogen functional groups attached to an aromatic ring is 1. The van der Waals surface area contributed by atoms with Crippen LogP contribution in [0, 0.1) is 6.92 Å². The molecule has 13 heteroatoms. The second kappa shape index (κ2) is 15.0. The molecule has 228 valence electrons. The number of pyridine rings is 1. The smallest absolute Gasteiger partial charge is 0.179 e. The molecule has 0 bridgehead atoms. The average molecular weight is 600 g/mol. The number of aliphatic hydroxyl groups excluding tert-OH is 3. The number of benzene rings is 2. The Morgan fingerprint density at radius 3 is 2.10 bits per heavy atom. The monoisotopic (exact) mass is 599 g/mol. The first kappa shape index (κ1) is 32.9. The summed E-state index contributed by atoms with van der Waals surface area (Å²) in [5, 5.41) is 44.1. The van der Waals surface area contributed by atoms with E-state index in [0.29, 0.717) is 34.3 Å². The number of para-hydroxylation sites is 1. The first-order chi connectivity index (χ1) is 19.9. The lowest BCUT2D eigenvalue weighted by Gasteiger charge is -2.24. The summed E-state index contributed by atoms with van der Waals surface area (Å²) in [5.74, 6) is 0.644. The van der Waals surface area contributed by atoms with Gasteiger partial charge in [0.05, 0.1) is 40.3 Å². The molecule has 0 aliphatic rings. The van der Waals surface area contributed by atoms with E-state index in [9.17, 15) is 23.7 Å². The van der Waals surface area contributed by atoms with Gasteiger partial charge in [0.1, 0.15) is 5.69 Å². The van der Waals surface area contributed by atoms with Crippen molar-refractivity contribution in [1.29, 1.82) is 0 Å². The second-order valence-corrected chi connectivity index (χ2v) is 12.5. The summed E-state index contributed by atoms with van der Waals surface area (Å²) < 4.78 is 25.9. The van der Waals surface area contributed by atoms with E-state index in [1.807, 2.05) is 30.3 Å². The molecule has 0 aliphatic carbocycles. The highest BCUT2D eigenvalue weighted by atomic mass is 32.2. The third-order valence-corrected chi connectivity index (χ3v) is 7.96. The Morgan fingerprint density at radius 2 is 1.52 bits per heavy atom. The minimum absolute atomic E-state index is 0.137. The van der Waals surface area contributed by atoms with Crippen molar-refractivity contribution in [2.45, 2.75) is 50.9 Å². The standard InChI is InChI=1S/C29H41N7O5S/c1-19(37)16-31-28-26(30)22(4)27(29(33-28)32-23-8-6-5-7-9-23)35-34-24-10-12-25(13-11-24)42(40,41)15-14-36(17-20(2)38)18-21(3)39/h5-13,19-21,37-39H,14-18,30H2,1-4H3,(H2,31,32,33). The van der Waals surface area contributed by atoms with Crippen LogP contribution in [0.1, 0.15) is 26.3 Å². The van der Waals surface area contributed by atoms with Crippen LogP contribution in [0.3, 0.4) is 0 Å². The van der Waals surface area contributed by atoms with Crippen molar-refractivity contribution < 1.29 is 23.7 Å². The Morgan fingerprint density at radius 1 is 0.905 bits per heavy atom. The highest BCUT2D eigenvalue weighted by molar-refractivity contribution is 7.91. The van der Waals surface area contributed by atoms with Crippen LogP contribution in [0.4, 0.5) is 34.4 Å². The van der Waals surface area contributed by atoms with Gasteiger partial charge in [0.2, 0.25) is 0 Å². The molecule has 12 nitrogen and oxygen atoms in total. The van der Waals surface area contributed by atoms with Crippen LogP contribution >= 0.6 is 0 Å². The number of hydrogen-bond donors (Lipinski definition) is 6. The van der Waals surface area contributed by atoms with E-state index in [-0.39, 0.29) is 36.8 Å². The predicted octanol–water partition coefficient (Wildman–Crippen LogP) is 3.76. The van der Waals surface area contributed by atoms with Crippen molar-refractivity contribution in [2.75, 3.05) is 48.3 Å². The van der Waals surface area contributed by atoms with Crippen LogP contribution in [0.2, 0.25) is 0 Å². The molecule has 0 saturated heterocycles. The van der Waals surface area contributed by atoms with Crippen LogP contribution in [-0.2, 0) is 9.84 Å². The fraction of sp³-hybridized carbons (Fsp3) is 0.414. The van der Waals surface area contributed by atoms with Gasteiger partial charge in [0.25, 0.3) is 0 Å². The van der Waals surface area contributed by atoms with E-state index in [2.05, 4.69) is 25.8 Å². The van der Waals surface area contributed by atoms with Gasteiger partial charge in [0.15, 0.2) is 21.5 Å². The summed E-state index contributed by atoms with van der Waals surface area (Å²) in [4.78, 5) is 6.47. The lowest BCUT2D eigenvalue weighted by molar-refractivity contribution is 0.0873. The molecule has 3 rings (SSSR count). The van der Waals surface area contributed by atoms with Crippen LogP contribution in [0.5, 0.6) is 0 Å². The molecular weight excluding hydrogens is 558 g/mol. The predicted molar refractivity (Wildman–Crippen MR) is 166 cm³/mol. The molecule has 0 aliphatic heterocycles. The van der Waals surface area contributed by atoms with Crippen LogP contribution in [-0.4, -0.2) is 83.9 Å². The molecule has 0 saturated carbocycles. The maximum Gasteiger partial charge on any atom is 0.179 e. The third-order valence-electron chi connectivity index (χ3n) is 6.25. The van der Waals surface area contributed by atoms with E-state index in [1.165, 1.54) is 12.1 Å². The SMILES string of the molecule is Cc1c(N)c(NCC(C)O)nc(Nc2ccccc2)c1N=Nc1ccc(S(=O)(=O)CCN(CC(C)O)CC(C)O)cc1. The van der Waals surface area contributed by atoms with Gasteiger partial charge in [-0.15, -0.1) is 5.11 Å². The number of rotatable bonds is 15. The fourth-order valence-electron chi connectivity index (χ4n) is 4.15. The summed E-state index contributed by atoms with van der Waals surface area (Å²) >= 11 is 0. The van der Waals surface area contributed by atoms with E-state index in [4.69, 9.17) is 5.73 Å². The van der Waals surface area contributed by atoms with Crippen LogP contribution < -0.4 is 16.4 Å². The number of azo groups is 1. The van der Waals surface area contributed by atoms with E-state index in [1.54, 1.807) is 44.7 Å². The normalized spacial score (nSPS) is 14.2. The molecule has 42 heavy (non-hydrogen) atoms. The minimum Gasteiger partial charge on any atom is -0.395 e. The van der Waals surface area contributed by atoms with Crippen LogP contribution in [0.15, 0.2) is 69.7 Å². The van der Waals surface area contributed by atoms with Crippen molar-refractivity contribution in [3.63, 3.8) is 0 Å². The van der Waals surface area contributed by atoms with E-state index < -0.39 is 28.1 Å². The number of aromatic nitrogens is 1.